The number of esters is 1. The van der Waals surface area contributed by atoms with Crippen molar-refractivity contribution < 1.29 is 27.5 Å². The molecule has 9 heteroatoms. The van der Waals surface area contributed by atoms with Gasteiger partial charge in [-0.25, -0.2) is 13.2 Å². The number of likely N-dealkylation sites (tertiary alicyclic amines) is 1. The number of hydrogen-bond acceptors (Lipinski definition) is 6. The Balaban J connectivity index is 1.34. The number of rotatable bonds is 8. The first-order chi connectivity index (χ1) is 17.9. The maximum absolute atomic E-state index is 13.3. The van der Waals surface area contributed by atoms with Gasteiger partial charge in [-0.1, -0.05) is 43.2 Å². The molecule has 2 aliphatic rings. The topological polar surface area (TPSA) is 93.2 Å². The molecule has 200 valence electrons. The molecule has 4 rings (SSSR count). The Labute approximate surface area is 219 Å². The number of sulfonamides is 1. The fraction of sp³-hybridized carbons (Fsp3) is 0.500. The number of nitrogens with zero attached hydrogens (tertiary/aromatic N) is 2. The third kappa shape index (κ3) is 6.90. The standard InChI is InChI=1S/C28H36N2O6S/c1-35-25-12-11-24(20-26(25)37(33,34)30-15-7-2-3-8-16-30)28(32)36-21-27(31)29-17-13-23(14-18-29)19-22-9-5-4-6-10-22/h4-6,9-12,20,23H,2-3,7-8,13-19,21H2,1H3. The molecule has 0 saturated carbocycles. The molecule has 0 unspecified atom stereocenters. The van der Waals surface area contributed by atoms with Crippen LogP contribution in [0, 0.1) is 5.92 Å². The lowest BCUT2D eigenvalue weighted by Gasteiger charge is -2.32. The third-order valence-corrected chi connectivity index (χ3v) is 9.16. The molecule has 1 amide bonds. The number of piperidine rings is 1. The summed E-state index contributed by atoms with van der Waals surface area (Å²) in [5.74, 6) is -0.271. The first kappa shape index (κ1) is 27.1. The van der Waals surface area contributed by atoms with E-state index in [0.29, 0.717) is 32.1 Å². The van der Waals surface area contributed by atoms with Crippen molar-refractivity contribution in [1.29, 1.82) is 0 Å². The van der Waals surface area contributed by atoms with E-state index in [1.807, 2.05) is 18.2 Å². The number of benzene rings is 2. The first-order valence-electron chi connectivity index (χ1n) is 13.1. The fourth-order valence-corrected chi connectivity index (χ4v) is 6.76. The van der Waals surface area contributed by atoms with Crippen molar-refractivity contribution in [3.8, 4) is 5.75 Å². The summed E-state index contributed by atoms with van der Waals surface area (Å²) in [7, 11) is -2.44. The van der Waals surface area contributed by atoms with E-state index in [4.69, 9.17) is 9.47 Å². The van der Waals surface area contributed by atoms with Crippen molar-refractivity contribution >= 4 is 21.9 Å². The predicted molar refractivity (Wildman–Crippen MR) is 140 cm³/mol. The maximum atomic E-state index is 13.3. The molecule has 0 N–H and O–H groups in total. The number of ether oxygens (including phenoxy) is 2. The Morgan fingerprint density at radius 3 is 2.24 bits per heavy atom. The van der Waals surface area contributed by atoms with Gasteiger partial charge < -0.3 is 14.4 Å². The summed E-state index contributed by atoms with van der Waals surface area (Å²) < 4.78 is 38.7. The molecule has 2 saturated heterocycles. The van der Waals surface area contributed by atoms with Gasteiger partial charge in [0.1, 0.15) is 10.6 Å². The van der Waals surface area contributed by atoms with E-state index in [2.05, 4.69) is 12.1 Å². The van der Waals surface area contributed by atoms with Crippen LogP contribution in [-0.4, -0.2) is 69.4 Å². The van der Waals surface area contributed by atoms with Gasteiger partial charge in [0.25, 0.3) is 5.91 Å². The van der Waals surface area contributed by atoms with Gasteiger partial charge in [0.05, 0.1) is 12.7 Å². The molecule has 0 bridgehead atoms. The van der Waals surface area contributed by atoms with Gasteiger partial charge in [-0.15, -0.1) is 0 Å². The maximum Gasteiger partial charge on any atom is 0.338 e. The summed E-state index contributed by atoms with van der Waals surface area (Å²) in [6.07, 6.45) is 6.40. The molecule has 2 heterocycles. The Hall–Kier alpha value is -2.91. The Bertz CT molecular complexity index is 1170. The summed E-state index contributed by atoms with van der Waals surface area (Å²) in [6.45, 7) is 1.78. The third-order valence-electron chi connectivity index (χ3n) is 7.24. The largest absolute Gasteiger partial charge is 0.495 e. The van der Waals surface area contributed by atoms with Gasteiger partial charge in [-0.2, -0.15) is 4.31 Å². The highest BCUT2D eigenvalue weighted by Gasteiger charge is 2.30. The van der Waals surface area contributed by atoms with Crippen molar-refractivity contribution in [3.63, 3.8) is 0 Å². The molecule has 0 radical (unpaired) electrons. The van der Waals surface area contributed by atoms with Crippen molar-refractivity contribution in [3.05, 3.63) is 59.7 Å². The molecule has 0 aliphatic carbocycles. The van der Waals surface area contributed by atoms with E-state index in [0.717, 1.165) is 44.9 Å². The second-order valence-corrected chi connectivity index (χ2v) is 11.7. The van der Waals surface area contributed by atoms with Crippen LogP contribution in [0.5, 0.6) is 5.75 Å². The SMILES string of the molecule is COc1ccc(C(=O)OCC(=O)N2CCC(Cc3ccccc3)CC2)cc1S(=O)(=O)N1CCCCCC1. The van der Waals surface area contributed by atoms with Gasteiger partial charge >= 0.3 is 5.97 Å². The molecule has 2 fully saturated rings. The molecule has 0 aromatic heterocycles. The lowest BCUT2D eigenvalue weighted by atomic mass is 9.90. The highest BCUT2D eigenvalue weighted by molar-refractivity contribution is 7.89. The monoisotopic (exact) mass is 528 g/mol. The fourth-order valence-electron chi connectivity index (χ4n) is 5.06. The lowest BCUT2D eigenvalue weighted by molar-refractivity contribution is -0.135. The molecule has 2 aromatic carbocycles. The zero-order valence-electron chi connectivity index (χ0n) is 21.4. The highest BCUT2D eigenvalue weighted by atomic mass is 32.2. The van der Waals surface area contributed by atoms with E-state index >= 15 is 0 Å². The smallest absolute Gasteiger partial charge is 0.338 e. The predicted octanol–water partition coefficient (Wildman–Crippen LogP) is 3.90. The molecule has 37 heavy (non-hydrogen) atoms. The van der Waals surface area contributed by atoms with Crippen LogP contribution in [-0.2, 0) is 26.0 Å². The molecule has 0 spiro atoms. The molecular weight excluding hydrogens is 492 g/mol. The first-order valence-corrected chi connectivity index (χ1v) is 14.5. The molecule has 8 nitrogen and oxygen atoms in total. The van der Waals surface area contributed by atoms with Crippen LogP contribution in [0.2, 0.25) is 0 Å². The second-order valence-electron chi connectivity index (χ2n) is 9.77. The molecular formula is C28H36N2O6S. The molecule has 2 aliphatic heterocycles. The van der Waals surface area contributed by atoms with Crippen molar-refractivity contribution in [1.82, 2.24) is 9.21 Å². The van der Waals surface area contributed by atoms with Crippen LogP contribution in [0.1, 0.15) is 54.4 Å². The van der Waals surface area contributed by atoms with Crippen LogP contribution in [0.3, 0.4) is 0 Å². The summed E-state index contributed by atoms with van der Waals surface area (Å²) in [5.41, 5.74) is 1.38. The van der Waals surface area contributed by atoms with Gasteiger partial charge in [0.2, 0.25) is 10.0 Å². The minimum Gasteiger partial charge on any atom is -0.495 e. The summed E-state index contributed by atoms with van der Waals surface area (Å²) in [4.78, 5) is 27.1. The zero-order valence-corrected chi connectivity index (χ0v) is 22.3. The van der Waals surface area contributed by atoms with Crippen LogP contribution >= 0.6 is 0 Å². The summed E-state index contributed by atoms with van der Waals surface area (Å²) in [5, 5.41) is 0. The minimum atomic E-state index is -3.84. The van der Waals surface area contributed by atoms with E-state index in [1.165, 1.54) is 35.2 Å². The van der Waals surface area contributed by atoms with E-state index in [9.17, 15) is 18.0 Å². The van der Waals surface area contributed by atoms with Crippen molar-refractivity contribution in [2.75, 3.05) is 39.9 Å². The number of hydrogen-bond donors (Lipinski definition) is 0. The Morgan fingerprint density at radius 1 is 0.919 bits per heavy atom. The van der Waals surface area contributed by atoms with Gasteiger partial charge in [0, 0.05) is 26.2 Å². The van der Waals surface area contributed by atoms with Crippen molar-refractivity contribution in [2.24, 2.45) is 5.92 Å². The number of carbonyl (C=O) groups excluding carboxylic acids is 2. The van der Waals surface area contributed by atoms with Crippen LogP contribution in [0.15, 0.2) is 53.4 Å². The van der Waals surface area contributed by atoms with E-state index in [-0.39, 0.29) is 28.7 Å². The lowest BCUT2D eigenvalue weighted by Crippen LogP contribution is -2.41. The van der Waals surface area contributed by atoms with E-state index < -0.39 is 16.0 Å². The quantitative estimate of drug-likeness (QED) is 0.483. The zero-order chi connectivity index (χ0) is 26.3. The van der Waals surface area contributed by atoms with Gasteiger partial charge in [-0.05, 0) is 61.8 Å². The number of amides is 1. The van der Waals surface area contributed by atoms with Gasteiger partial charge in [-0.3, -0.25) is 4.79 Å². The highest BCUT2D eigenvalue weighted by Crippen LogP contribution is 2.30. The average molecular weight is 529 g/mol. The number of carbonyl (C=O) groups is 2. The molecule has 0 atom stereocenters. The van der Waals surface area contributed by atoms with Crippen molar-refractivity contribution in [2.45, 2.75) is 49.8 Å². The number of methoxy groups -OCH3 is 1. The Morgan fingerprint density at radius 2 is 1.59 bits per heavy atom. The van der Waals surface area contributed by atoms with Gasteiger partial charge in [0.15, 0.2) is 6.61 Å². The second kappa shape index (κ2) is 12.6. The van der Waals surface area contributed by atoms with Crippen LogP contribution in [0.25, 0.3) is 0 Å². The van der Waals surface area contributed by atoms with Crippen LogP contribution in [0.4, 0.5) is 0 Å². The average Bonchev–Trinajstić information content (AvgIpc) is 3.22. The Kier molecular flexibility index (Phi) is 9.21. The summed E-state index contributed by atoms with van der Waals surface area (Å²) >= 11 is 0. The minimum absolute atomic E-state index is 0.0573. The van der Waals surface area contributed by atoms with E-state index in [1.54, 1.807) is 4.90 Å². The molecule has 2 aromatic rings. The van der Waals surface area contributed by atoms with Crippen LogP contribution < -0.4 is 4.74 Å². The summed E-state index contributed by atoms with van der Waals surface area (Å²) in [6, 6.07) is 14.6. The normalized spacial score (nSPS) is 17.7.